The number of epoxide rings is 1. The van der Waals surface area contributed by atoms with E-state index in [0.29, 0.717) is 19.6 Å². The number of pyridine rings is 1. The summed E-state index contributed by atoms with van der Waals surface area (Å²) in [4.78, 5) is 42.4. The van der Waals surface area contributed by atoms with Gasteiger partial charge in [0.25, 0.3) is 0 Å². The third-order valence-corrected chi connectivity index (χ3v) is 11.0. The minimum atomic E-state index is -0.557. The van der Waals surface area contributed by atoms with E-state index in [1.165, 1.54) is 11.0 Å². The van der Waals surface area contributed by atoms with E-state index in [0.717, 1.165) is 35.6 Å². The van der Waals surface area contributed by atoms with Crippen molar-refractivity contribution in [1.29, 1.82) is 0 Å². The van der Waals surface area contributed by atoms with Crippen molar-refractivity contribution >= 4 is 39.5 Å². The number of nitrogens with zero attached hydrogens (tertiary/aromatic N) is 2. The van der Waals surface area contributed by atoms with Gasteiger partial charge in [0.15, 0.2) is 0 Å². The number of carbonyl (C=O) groups excluding carboxylic acids is 3. The lowest BCUT2D eigenvalue weighted by Crippen LogP contribution is -2.50. The highest BCUT2D eigenvalue weighted by Crippen LogP contribution is 2.43. The van der Waals surface area contributed by atoms with E-state index in [1.54, 1.807) is 47.8 Å². The Balaban J connectivity index is 1.14. The minimum Gasteiger partial charge on any atom is -0.442 e. The molecular formula is C35H50N4O7S2. The monoisotopic (exact) mass is 702 g/mol. The Bertz CT molecular complexity index is 1320. The third-order valence-electron chi connectivity index (χ3n) is 8.72. The van der Waals surface area contributed by atoms with Gasteiger partial charge in [0.1, 0.15) is 11.1 Å². The normalized spacial score (nSPS) is 29.6. The van der Waals surface area contributed by atoms with Crippen LogP contribution in [0, 0.1) is 5.92 Å². The van der Waals surface area contributed by atoms with Gasteiger partial charge in [-0.1, -0.05) is 47.6 Å². The van der Waals surface area contributed by atoms with Crippen LogP contribution in [0.25, 0.3) is 0 Å². The highest BCUT2D eigenvalue weighted by atomic mass is 33.1. The van der Waals surface area contributed by atoms with Crippen LogP contribution in [0.1, 0.15) is 59.8 Å². The number of allylic oxidation sites excluding steroid dienone is 2. The van der Waals surface area contributed by atoms with Crippen molar-refractivity contribution in [3.05, 3.63) is 60.3 Å². The van der Waals surface area contributed by atoms with E-state index in [2.05, 4.69) is 36.3 Å². The molecule has 4 heterocycles. The summed E-state index contributed by atoms with van der Waals surface area (Å²) in [5.41, 5.74) is 6.33. The minimum absolute atomic E-state index is 0.0319. The smallest absolute Gasteiger partial charge is 0.410 e. The predicted octanol–water partition coefficient (Wildman–Crippen LogP) is 5.22. The Morgan fingerprint density at radius 3 is 2.73 bits per heavy atom. The molecule has 3 saturated heterocycles. The van der Waals surface area contributed by atoms with Gasteiger partial charge in [0.05, 0.1) is 49.1 Å². The summed E-state index contributed by atoms with van der Waals surface area (Å²) in [6.07, 6.45) is 12.8. The van der Waals surface area contributed by atoms with Gasteiger partial charge in [-0.25, -0.2) is 9.78 Å². The number of rotatable bonds is 15. The molecule has 3 N–H and O–H groups in total. The van der Waals surface area contributed by atoms with Crippen LogP contribution in [0.4, 0.5) is 4.79 Å². The Morgan fingerprint density at radius 1 is 1.23 bits per heavy atom. The lowest BCUT2D eigenvalue weighted by molar-refractivity contribution is -0.125. The van der Waals surface area contributed by atoms with E-state index in [-0.39, 0.29) is 60.2 Å². The van der Waals surface area contributed by atoms with Gasteiger partial charge in [-0.15, -0.1) is 0 Å². The number of amides is 3. The van der Waals surface area contributed by atoms with E-state index in [1.807, 2.05) is 31.2 Å². The predicted molar refractivity (Wildman–Crippen MR) is 188 cm³/mol. The fraction of sp³-hybridized carbons (Fsp3) is 0.600. The summed E-state index contributed by atoms with van der Waals surface area (Å²) in [5, 5.41) is 3.98. The maximum Gasteiger partial charge on any atom is 0.410 e. The Hall–Kier alpha value is -2.84. The van der Waals surface area contributed by atoms with Crippen molar-refractivity contribution in [2.45, 2.75) is 107 Å². The number of nitrogens with two attached hydrogens (primary N) is 1. The van der Waals surface area contributed by atoms with Gasteiger partial charge in [-0.05, 0) is 68.5 Å². The van der Waals surface area contributed by atoms with Crippen molar-refractivity contribution in [1.82, 2.24) is 15.2 Å². The number of aromatic nitrogens is 1. The molecule has 1 aromatic rings. The molecule has 0 radical (unpaired) electrons. The molecule has 3 aliphatic heterocycles. The lowest BCUT2D eigenvalue weighted by atomic mass is 9.88. The molecule has 4 rings (SSSR count). The molecule has 8 atom stereocenters. The van der Waals surface area contributed by atoms with Crippen molar-refractivity contribution < 1.29 is 33.3 Å². The van der Waals surface area contributed by atoms with Crippen LogP contribution in [0.2, 0.25) is 0 Å². The number of ether oxygens (including phenoxy) is 4. The van der Waals surface area contributed by atoms with Crippen LogP contribution in [0.3, 0.4) is 0 Å². The van der Waals surface area contributed by atoms with Crippen LogP contribution < -0.4 is 11.1 Å². The highest BCUT2D eigenvalue weighted by Gasteiger charge is 2.51. The zero-order chi connectivity index (χ0) is 34.7. The number of primary amides is 1. The molecule has 0 unspecified atom stereocenters. The number of hydrogen-bond donors (Lipinski definition) is 2. The number of hydrogen-bond acceptors (Lipinski definition) is 10. The summed E-state index contributed by atoms with van der Waals surface area (Å²) in [6, 6.07) is 5.63. The number of carbonyl (C=O) groups is 3. The fourth-order valence-corrected chi connectivity index (χ4v) is 7.77. The first-order valence-corrected chi connectivity index (χ1v) is 18.9. The SMILES string of the molecule is CC(C=C[C@@H]1C[C@]2(CO2)C[C@@H](CC(N)=O)O1)=CC[C@@H]1O[C@H](C)[C@H](NC(=O)C=C[C@H](C)OC(=O)N(C)CCSSc2ccccn2)C[C@@H]1C. The van der Waals surface area contributed by atoms with Crippen LogP contribution in [0.5, 0.6) is 0 Å². The maximum atomic E-state index is 12.7. The number of nitrogens with one attached hydrogen (secondary N) is 1. The molecule has 11 nitrogen and oxygen atoms in total. The van der Waals surface area contributed by atoms with E-state index in [4.69, 9.17) is 24.7 Å². The third kappa shape index (κ3) is 12.6. The summed E-state index contributed by atoms with van der Waals surface area (Å²) in [6.45, 7) is 9.13. The second-order valence-electron chi connectivity index (χ2n) is 13.0. The standard InChI is InChI=1S/C35H50N4O7S2/c1-23(9-12-27-20-35(22-43-35)21-28(46-27)19-31(36)40)10-13-30-24(2)18-29(26(4)45-30)38-32(41)14-11-25(3)44-34(42)39(5)16-17-47-48-33-8-6-7-15-37-33/h6-12,14-15,24-30H,13,16-22H2,1-5H3,(H2,36,40)(H,38,41)/t24-,25-,26+,27+,28+,29+,30-,35+/m0/s1. The molecule has 0 aliphatic carbocycles. The molecule has 0 aromatic carbocycles. The Morgan fingerprint density at radius 2 is 2.02 bits per heavy atom. The largest absolute Gasteiger partial charge is 0.442 e. The lowest BCUT2D eigenvalue weighted by Gasteiger charge is -2.39. The van der Waals surface area contributed by atoms with Crippen LogP contribution >= 0.6 is 21.6 Å². The molecule has 3 aliphatic rings. The zero-order valence-electron chi connectivity index (χ0n) is 28.5. The topological polar surface area (TPSA) is 146 Å². The molecular weight excluding hydrogens is 653 g/mol. The van der Waals surface area contributed by atoms with Crippen molar-refractivity contribution in [3.8, 4) is 0 Å². The van der Waals surface area contributed by atoms with Crippen molar-refractivity contribution in [2.75, 3.05) is 26.0 Å². The van der Waals surface area contributed by atoms with Gasteiger partial charge in [0.2, 0.25) is 11.8 Å². The van der Waals surface area contributed by atoms with Gasteiger partial charge < -0.3 is 34.9 Å². The summed E-state index contributed by atoms with van der Waals surface area (Å²) in [7, 11) is 4.88. The average Bonchev–Trinajstić information content (AvgIpc) is 3.79. The van der Waals surface area contributed by atoms with E-state index >= 15 is 0 Å². The summed E-state index contributed by atoms with van der Waals surface area (Å²) in [5.74, 6) is 0.353. The molecule has 264 valence electrons. The van der Waals surface area contributed by atoms with Crippen LogP contribution in [0.15, 0.2) is 65.4 Å². The van der Waals surface area contributed by atoms with Crippen molar-refractivity contribution in [3.63, 3.8) is 0 Å². The first-order valence-electron chi connectivity index (χ1n) is 16.6. The molecule has 1 aromatic heterocycles. The quantitative estimate of drug-likeness (QED) is 0.0821. The molecule has 3 fully saturated rings. The summed E-state index contributed by atoms with van der Waals surface area (Å²) < 4.78 is 23.6. The Labute approximate surface area is 292 Å². The first kappa shape index (κ1) is 38.0. The highest BCUT2D eigenvalue weighted by molar-refractivity contribution is 8.76. The van der Waals surface area contributed by atoms with Crippen LogP contribution in [-0.2, 0) is 28.5 Å². The van der Waals surface area contributed by atoms with Gasteiger partial charge in [-0.2, -0.15) is 0 Å². The van der Waals surface area contributed by atoms with E-state index < -0.39 is 12.2 Å². The molecule has 0 bridgehead atoms. The molecule has 1 spiro atoms. The molecule has 13 heteroatoms. The van der Waals surface area contributed by atoms with Crippen molar-refractivity contribution in [2.24, 2.45) is 11.7 Å². The molecule has 0 saturated carbocycles. The van der Waals surface area contributed by atoms with E-state index in [9.17, 15) is 14.4 Å². The van der Waals surface area contributed by atoms with Gasteiger partial charge in [-0.3, -0.25) is 9.59 Å². The van der Waals surface area contributed by atoms with Gasteiger partial charge in [0, 0.05) is 44.5 Å². The molecule has 48 heavy (non-hydrogen) atoms. The second kappa shape index (κ2) is 18.2. The van der Waals surface area contributed by atoms with Crippen LogP contribution in [-0.4, -0.2) is 95.9 Å². The fourth-order valence-electron chi connectivity index (χ4n) is 5.85. The summed E-state index contributed by atoms with van der Waals surface area (Å²) >= 11 is 0. The van der Waals surface area contributed by atoms with Gasteiger partial charge >= 0.3 is 6.09 Å². The zero-order valence-corrected chi connectivity index (χ0v) is 30.2. The molecule has 3 amide bonds. The second-order valence-corrected chi connectivity index (χ2v) is 15.5. The Kier molecular flexibility index (Phi) is 14.4. The average molecular weight is 703 g/mol. The first-order chi connectivity index (χ1) is 22.9. The maximum absolute atomic E-state index is 12.7.